The number of hydrogen-bond acceptors (Lipinski definition) is 3. The first kappa shape index (κ1) is 17.1. The second kappa shape index (κ2) is 8.36. The predicted molar refractivity (Wildman–Crippen MR) is 100 cm³/mol. The van der Waals surface area contributed by atoms with E-state index >= 15 is 0 Å². The third kappa shape index (κ3) is 4.19. The van der Waals surface area contributed by atoms with Gasteiger partial charge < -0.3 is 9.80 Å². The van der Waals surface area contributed by atoms with Gasteiger partial charge in [-0.1, -0.05) is 55.5 Å². The number of carbonyl (C=O) groups is 1. The minimum atomic E-state index is -0.179. The molecule has 1 heterocycles. The summed E-state index contributed by atoms with van der Waals surface area (Å²) in [7, 11) is 0. The van der Waals surface area contributed by atoms with E-state index in [0.717, 1.165) is 43.2 Å². The second-order valence-electron chi connectivity index (χ2n) is 5.98. The molecule has 0 aliphatic carbocycles. The van der Waals surface area contributed by atoms with Crippen molar-refractivity contribution < 1.29 is 4.79 Å². The Balaban J connectivity index is 1.78. The lowest BCUT2D eigenvalue weighted by Crippen LogP contribution is -2.49. The maximum Gasteiger partial charge on any atom is 0.240 e. The smallest absolute Gasteiger partial charge is 0.240 e. The zero-order valence-electron chi connectivity index (χ0n) is 14.1. The molecule has 126 valence electrons. The van der Waals surface area contributed by atoms with Gasteiger partial charge in [0.15, 0.2) is 0 Å². The van der Waals surface area contributed by atoms with Gasteiger partial charge in [0, 0.05) is 31.1 Å². The number of thioether (sulfide) groups is 1. The molecule has 1 aliphatic rings. The molecule has 24 heavy (non-hydrogen) atoms. The summed E-state index contributed by atoms with van der Waals surface area (Å²) < 4.78 is 0. The van der Waals surface area contributed by atoms with Crippen molar-refractivity contribution >= 4 is 17.7 Å². The minimum absolute atomic E-state index is 0.179. The molecular weight excluding hydrogens is 316 g/mol. The summed E-state index contributed by atoms with van der Waals surface area (Å²) in [5.41, 5.74) is 1.08. The summed E-state index contributed by atoms with van der Waals surface area (Å²) in [5, 5.41) is -0.179. The van der Waals surface area contributed by atoms with Crippen molar-refractivity contribution in [3.8, 4) is 0 Å². The summed E-state index contributed by atoms with van der Waals surface area (Å²) in [5.74, 6) is 0.228. The van der Waals surface area contributed by atoms with E-state index in [1.807, 2.05) is 41.3 Å². The highest BCUT2D eigenvalue weighted by Gasteiger charge is 2.29. The maximum atomic E-state index is 13.2. The highest BCUT2D eigenvalue weighted by atomic mass is 32.2. The van der Waals surface area contributed by atoms with Gasteiger partial charge in [-0.05, 0) is 24.2 Å². The Morgan fingerprint density at radius 3 is 2.12 bits per heavy atom. The van der Waals surface area contributed by atoms with Crippen LogP contribution < -0.4 is 0 Å². The first-order chi connectivity index (χ1) is 11.8. The van der Waals surface area contributed by atoms with E-state index in [1.165, 1.54) is 0 Å². The summed E-state index contributed by atoms with van der Waals surface area (Å²) >= 11 is 1.65. The molecule has 0 spiro atoms. The van der Waals surface area contributed by atoms with Crippen molar-refractivity contribution in [3.63, 3.8) is 0 Å². The molecule has 2 aromatic carbocycles. The molecule has 0 radical (unpaired) electrons. The zero-order valence-corrected chi connectivity index (χ0v) is 14.9. The number of likely N-dealkylation sites (N-methyl/N-ethyl adjacent to an activating group) is 1. The van der Waals surface area contributed by atoms with Gasteiger partial charge in [-0.15, -0.1) is 11.8 Å². The van der Waals surface area contributed by atoms with E-state index < -0.39 is 0 Å². The number of hydrogen-bond donors (Lipinski definition) is 0. The van der Waals surface area contributed by atoms with Crippen LogP contribution in [0.1, 0.15) is 17.7 Å². The fourth-order valence-corrected chi connectivity index (χ4v) is 4.10. The number of rotatable bonds is 5. The van der Waals surface area contributed by atoms with Gasteiger partial charge in [0.1, 0.15) is 5.25 Å². The molecule has 2 aromatic rings. The Bertz CT molecular complexity index is 639. The van der Waals surface area contributed by atoms with Gasteiger partial charge in [-0.3, -0.25) is 4.79 Å². The van der Waals surface area contributed by atoms with Crippen LogP contribution in [-0.2, 0) is 4.79 Å². The molecule has 0 bridgehead atoms. The SMILES string of the molecule is CCN1CCN(C(=O)[C@H](Sc2ccccc2)c2ccccc2)CC1. The lowest BCUT2D eigenvalue weighted by atomic mass is 10.1. The van der Waals surface area contributed by atoms with Crippen LogP contribution in [0.2, 0.25) is 0 Å². The highest BCUT2D eigenvalue weighted by Crippen LogP contribution is 2.36. The number of amides is 1. The fourth-order valence-electron chi connectivity index (χ4n) is 2.97. The molecule has 3 rings (SSSR count). The Hall–Kier alpha value is -1.78. The summed E-state index contributed by atoms with van der Waals surface area (Å²) in [6.07, 6.45) is 0. The van der Waals surface area contributed by atoms with Gasteiger partial charge in [0.05, 0.1) is 0 Å². The Morgan fingerprint density at radius 2 is 1.54 bits per heavy atom. The summed E-state index contributed by atoms with van der Waals surface area (Å²) in [6.45, 7) is 6.83. The number of piperazine rings is 1. The van der Waals surface area contributed by atoms with Crippen molar-refractivity contribution in [2.75, 3.05) is 32.7 Å². The van der Waals surface area contributed by atoms with Crippen LogP contribution in [0.5, 0.6) is 0 Å². The van der Waals surface area contributed by atoms with E-state index in [4.69, 9.17) is 0 Å². The van der Waals surface area contributed by atoms with E-state index in [2.05, 4.69) is 36.1 Å². The van der Waals surface area contributed by atoms with Gasteiger partial charge >= 0.3 is 0 Å². The predicted octanol–water partition coefficient (Wildman–Crippen LogP) is 3.68. The quantitative estimate of drug-likeness (QED) is 0.776. The molecule has 0 unspecified atom stereocenters. The van der Waals surface area contributed by atoms with E-state index in [9.17, 15) is 4.79 Å². The number of carbonyl (C=O) groups excluding carboxylic acids is 1. The lowest BCUT2D eigenvalue weighted by Gasteiger charge is -2.36. The molecule has 0 N–H and O–H groups in total. The van der Waals surface area contributed by atoms with Crippen LogP contribution in [0.25, 0.3) is 0 Å². The van der Waals surface area contributed by atoms with Crippen LogP contribution in [0.3, 0.4) is 0 Å². The molecule has 1 atom stereocenters. The van der Waals surface area contributed by atoms with Crippen molar-refractivity contribution in [2.24, 2.45) is 0 Å². The largest absolute Gasteiger partial charge is 0.339 e. The molecule has 0 saturated carbocycles. The van der Waals surface area contributed by atoms with Gasteiger partial charge in [-0.2, -0.15) is 0 Å². The molecule has 0 aromatic heterocycles. The Labute approximate surface area is 148 Å². The molecule has 1 aliphatic heterocycles. The van der Waals surface area contributed by atoms with Gasteiger partial charge in [0.2, 0.25) is 5.91 Å². The first-order valence-corrected chi connectivity index (χ1v) is 9.43. The van der Waals surface area contributed by atoms with E-state index in [-0.39, 0.29) is 11.2 Å². The average Bonchev–Trinajstić information content (AvgIpc) is 2.67. The van der Waals surface area contributed by atoms with Crippen molar-refractivity contribution in [1.82, 2.24) is 9.80 Å². The molecular formula is C20H24N2OS. The average molecular weight is 340 g/mol. The monoisotopic (exact) mass is 340 g/mol. The maximum absolute atomic E-state index is 13.2. The summed E-state index contributed by atoms with van der Waals surface area (Å²) in [4.78, 5) is 18.7. The number of nitrogens with zero attached hydrogens (tertiary/aromatic N) is 2. The van der Waals surface area contributed by atoms with Gasteiger partial charge in [0.25, 0.3) is 0 Å². The van der Waals surface area contributed by atoms with E-state index in [0.29, 0.717) is 0 Å². The Kier molecular flexibility index (Phi) is 5.94. The second-order valence-corrected chi connectivity index (χ2v) is 7.16. The molecule has 1 saturated heterocycles. The van der Waals surface area contributed by atoms with Crippen LogP contribution in [0, 0.1) is 0 Å². The molecule has 4 heteroatoms. The van der Waals surface area contributed by atoms with Crippen molar-refractivity contribution in [3.05, 3.63) is 66.2 Å². The first-order valence-electron chi connectivity index (χ1n) is 8.55. The summed E-state index contributed by atoms with van der Waals surface area (Å²) in [6, 6.07) is 20.3. The van der Waals surface area contributed by atoms with E-state index in [1.54, 1.807) is 11.8 Å². The lowest BCUT2D eigenvalue weighted by molar-refractivity contribution is -0.132. The van der Waals surface area contributed by atoms with Crippen molar-refractivity contribution in [1.29, 1.82) is 0 Å². The standard InChI is InChI=1S/C20H24N2OS/c1-2-21-13-15-22(16-14-21)20(23)19(17-9-5-3-6-10-17)24-18-11-7-4-8-12-18/h3-12,19H,2,13-16H2,1H3/t19-/m1/s1. The number of benzene rings is 2. The van der Waals surface area contributed by atoms with Crippen molar-refractivity contribution in [2.45, 2.75) is 17.1 Å². The Morgan fingerprint density at radius 1 is 0.958 bits per heavy atom. The molecule has 1 amide bonds. The fraction of sp³-hybridized carbons (Fsp3) is 0.350. The van der Waals surface area contributed by atoms with Crippen LogP contribution in [-0.4, -0.2) is 48.4 Å². The van der Waals surface area contributed by atoms with Crippen LogP contribution >= 0.6 is 11.8 Å². The normalized spacial score (nSPS) is 16.8. The van der Waals surface area contributed by atoms with Gasteiger partial charge in [-0.25, -0.2) is 0 Å². The molecule has 1 fully saturated rings. The highest BCUT2D eigenvalue weighted by molar-refractivity contribution is 8.00. The zero-order chi connectivity index (χ0) is 16.8. The third-order valence-electron chi connectivity index (χ3n) is 4.45. The topological polar surface area (TPSA) is 23.6 Å². The molecule has 3 nitrogen and oxygen atoms in total. The minimum Gasteiger partial charge on any atom is -0.339 e. The van der Waals surface area contributed by atoms with Crippen LogP contribution in [0.4, 0.5) is 0 Å². The third-order valence-corrected chi connectivity index (χ3v) is 5.71. The van der Waals surface area contributed by atoms with Crippen LogP contribution in [0.15, 0.2) is 65.6 Å².